The smallest absolute Gasteiger partial charge is 0.226 e. The van der Waals surface area contributed by atoms with E-state index in [0.717, 1.165) is 41.9 Å². The predicted molar refractivity (Wildman–Crippen MR) is 143 cm³/mol. The van der Waals surface area contributed by atoms with Gasteiger partial charge in [-0.1, -0.05) is 51.8 Å². The van der Waals surface area contributed by atoms with Crippen molar-refractivity contribution in [1.82, 2.24) is 4.98 Å². The summed E-state index contributed by atoms with van der Waals surface area (Å²) in [4.78, 5) is 31.6. The fraction of sp³-hybridized carbons (Fsp3) is 0.607. The van der Waals surface area contributed by atoms with Gasteiger partial charge in [0.15, 0.2) is 5.13 Å². The van der Waals surface area contributed by atoms with Crippen LogP contribution in [0.15, 0.2) is 30.3 Å². The number of aromatic nitrogens is 1. The zero-order valence-electron chi connectivity index (χ0n) is 21.5. The maximum absolute atomic E-state index is 13.2. The SMILES string of the molecule is CCCCCC(=O)Nc1nc2c(s1)C[C@H]1[C@](C)(CO)[C@H](O)CC[C@@]1(C)[C@@H]2CC(=O)Nc1ccccc1. The highest BCUT2D eigenvalue weighted by atomic mass is 32.1. The molecule has 0 bridgehead atoms. The van der Waals surface area contributed by atoms with Crippen molar-refractivity contribution in [2.75, 3.05) is 17.2 Å². The molecule has 2 aliphatic carbocycles. The Morgan fingerprint density at radius 3 is 2.58 bits per heavy atom. The molecule has 0 unspecified atom stereocenters. The number of rotatable bonds is 9. The topological polar surface area (TPSA) is 112 Å². The number of para-hydroxylation sites is 1. The number of amides is 2. The van der Waals surface area contributed by atoms with Crippen molar-refractivity contribution in [3.8, 4) is 0 Å². The molecule has 0 saturated heterocycles. The van der Waals surface area contributed by atoms with Gasteiger partial charge in [0.1, 0.15) is 0 Å². The van der Waals surface area contributed by atoms with E-state index in [0.29, 0.717) is 24.4 Å². The minimum Gasteiger partial charge on any atom is -0.396 e. The lowest BCUT2D eigenvalue weighted by atomic mass is 9.47. The van der Waals surface area contributed by atoms with Gasteiger partial charge in [0.2, 0.25) is 11.8 Å². The van der Waals surface area contributed by atoms with Crippen LogP contribution in [0.25, 0.3) is 0 Å². The maximum atomic E-state index is 13.2. The number of hydrogen-bond acceptors (Lipinski definition) is 6. The lowest BCUT2D eigenvalue weighted by molar-refractivity contribution is -0.143. The second-order valence-electron chi connectivity index (χ2n) is 11.0. The first-order valence-electron chi connectivity index (χ1n) is 13.1. The maximum Gasteiger partial charge on any atom is 0.226 e. The standard InChI is InChI=1S/C28H39N3O4S/c1-4-5-7-12-23(34)30-26-31-25-19(15-24(35)29-18-10-8-6-9-11-18)27(2)14-13-22(33)28(3,17-32)21(27)16-20(25)36-26/h6,8-11,19,21-22,32-33H,4-5,7,12-17H2,1-3H3,(H,29,35)(H,30,31,34)/t19-,21-,22-,27+,28+/m1/s1. The molecule has 1 aromatic heterocycles. The summed E-state index contributed by atoms with van der Waals surface area (Å²) in [7, 11) is 0. The van der Waals surface area contributed by atoms with Crippen molar-refractivity contribution in [2.24, 2.45) is 16.7 Å². The van der Waals surface area contributed by atoms with Crippen LogP contribution in [0.1, 0.15) is 82.2 Å². The molecule has 4 rings (SSSR count). The van der Waals surface area contributed by atoms with E-state index in [2.05, 4.69) is 24.5 Å². The summed E-state index contributed by atoms with van der Waals surface area (Å²) in [6.45, 7) is 6.14. The Morgan fingerprint density at radius 1 is 1.14 bits per heavy atom. The van der Waals surface area contributed by atoms with E-state index in [1.807, 2.05) is 37.3 Å². The van der Waals surface area contributed by atoms with Crippen molar-refractivity contribution in [3.05, 3.63) is 40.9 Å². The van der Waals surface area contributed by atoms with Crippen LogP contribution in [0.3, 0.4) is 0 Å². The van der Waals surface area contributed by atoms with Crippen LogP contribution < -0.4 is 10.6 Å². The molecule has 2 aromatic rings. The summed E-state index contributed by atoms with van der Waals surface area (Å²) in [5.41, 5.74) is 0.626. The van der Waals surface area contributed by atoms with Gasteiger partial charge in [-0.05, 0) is 49.1 Å². The van der Waals surface area contributed by atoms with Crippen LogP contribution in [-0.2, 0) is 16.0 Å². The van der Waals surface area contributed by atoms with E-state index < -0.39 is 11.5 Å². The Labute approximate surface area is 217 Å². The Bertz CT molecular complexity index is 1070. The molecular formula is C28H39N3O4S. The van der Waals surface area contributed by atoms with E-state index >= 15 is 0 Å². The number of nitrogens with one attached hydrogen (secondary N) is 2. The van der Waals surface area contributed by atoms with E-state index in [-0.39, 0.29) is 42.1 Å². The van der Waals surface area contributed by atoms with Crippen LogP contribution in [-0.4, -0.2) is 39.7 Å². The Kier molecular flexibility index (Phi) is 8.17. The molecule has 2 aliphatic rings. The number of fused-ring (bicyclic) bond motifs is 2. The summed E-state index contributed by atoms with van der Waals surface area (Å²) in [5.74, 6) is -0.328. The van der Waals surface area contributed by atoms with Crippen LogP contribution in [0, 0.1) is 16.7 Å². The number of anilines is 2. The lowest BCUT2D eigenvalue weighted by Gasteiger charge is -2.58. The number of thiazole rings is 1. The summed E-state index contributed by atoms with van der Waals surface area (Å²) in [6, 6.07) is 9.41. The van der Waals surface area contributed by atoms with Crippen molar-refractivity contribution in [1.29, 1.82) is 0 Å². The number of unbranched alkanes of at least 4 members (excludes halogenated alkanes) is 2. The number of carbonyl (C=O) groups excluding carboxylic acids is 2. The fourth-order valence-electron chi connectivity index (χ4n) is 6.34. The average molecular weight is 514 g/mol. The molecule has 1 saturated carbocycles. The van der Waals surface area contributed by atoms with Crippen LogP contribution in [0.2, 0.25) is 0 Å². The monoisotopic (exact) mass is 513 g/mol. The van der Waals surface area contributed by atoms with Gasteiger partial charge in [0, 0.05) is 34.7 Å². The Hall–Kier alpha value is -2.29. The number of benzene rings is 1. The molecule has 7 nitrogen and oxygen atoms in total. The average Bonchev–Trinajstić information content (AvgIpc) is 3.25. The molecule has 196 valence electrons. The van der Waals surface area contributed by atoms with Gasteiger partial charge in [0.25, 0.3) is 0 Å². The van der Waals surface area contributed by atoms with Gasteiger partial charge in [-0.15, -0.1) is 11.3 Å². The summed E-state index contributed by atoms with van der Waals surface area (Å²) < 4.78 is 0. The van der Waals surface area contributed by atoms with Crippen molar-refractivity contribution < 1.29 is 19.8 Å². The third-order valence-corrected chi connectivity index (χ3v) is 9.60. The first-order valence-corrected chi connectivity index (χ1v) is 14.0. The van der Waals surface area contributed by atoms with Crippen LogP contribution in [0.5, 0.6) is 0 Å². The van der Waals surface area contributed by atoms with E-state index in [4.69, 9.17) is 4.98 Å². The van der Waals surface area contributed by atoms with E-state index in [9.17, 15) is 19.8 Å². The molecule has 2 amide bonds. The van der Waals surface area contributed by atoms with Gasteiger partial charge in [-0.25, -0.2) is 4.98 Å². The summed E-state index contributed by atoms with van der Waals surface area (Å²) in [5, 5.41) is 27.9. The third kappa shape index (κ3) is 5.22. The first kappa shape index (κ1) is 26.8. The second-order valence-corrected chi connectivity index (χ2v) is 12.1. The van der Waals surface area contributed by atoms with Gasteiger partial charge in [-0.2, -0.15) is 0 Å². The molecule has 1 fully saturated rings. The van der Waals surface area contributed by atoms with Gasteiger partial charge < -0.3 is 20.8 Å². The predicted octanol–water partition coefficient (Wildman–Crippen LogP) is 5.11. The zero-order chi connectivity index (χ0) is 25.9. The quantitative estimate of drug-likeness (QED) is 0.348. The molecule has 36 heavy (non-hydrogen) atoms. The summed E-state index contributed by atoms with van der Waals surface area (Å²) in [6.07, 6.45) is 5.02. The molecular weight excluding hydrogens is 474 g/mol. The second kappa shape index (κ2) is 11.0. The fourth-order valence-corrected chi connectivity index (χ4v) is 7.42. The van der Waals surface area contributed by atoms with Crippen LogP contribution >= 0.6 is 11.3 Å². The molecule has 0 spiro atoms. The highest BCUT2D eigenvalue weighted by Gasteiger charge is 2.59. The minimum absolute atomic E-state index is 0.0191. The Morgan fingerprint density at radius 2 is 1.89 bits per heavy atom. The number of aliphatic hydroxyl groups excluding tert-OH is 2. The highest BCUT2D eigenvalue weighted by molar-refractivity contribution is 7.15. The zero-order valence-corrected chi connectivity index (χ0v) is 22.4. The van der Waals surface area contributed by atoms with Crippen molar-refractivity contribution in [3.63, 3.8) is 0 Å². The molecule has 0 radical (unpaired) electrons. The molecule has 5 atom stereocenters. The van der Waals surface area contributed by atoms with Crippen LogP contribution in [0.4, 0.5) is 10.8 Å². The molecule has 0 aliphatic heterocycles. The molecule has 8 heteroatoms. The molecule has 1 heterocycles. The van der Waals surface area contributed by atoms with Gasteiger partial charge in [0.05, 0.1) is 18.4 Å². The number of aliphatic hydroxyl groups is 2. The lowest BCUT2D eigenvalue weighted by Crippen LogP contribution is -2.57. The van der Waals surface area contributed by atoms with Crippen molar-refractivity contribution in [2.45, 2.75) is 84.2 Å². The minimum atomic E-state index is -0.674. The van der Waals surface area contributed by atoms with E-state index in [1.165, 1.54) is 11.3 Å². The van der Waals surface area contributed by atoms with Crippen molar-refractivity contribution >= 4 is 34.0 Å². The number of hydrogen-bond donors (Lipinski definition) is 4. The highest BCUT2D eigenvalue weighted by Crippen LogP contribution is 2.62. The first-order chi connectivity index (χ1) is 17.2. The Balaban J connectivity index is 1.65. The van der Waals surface area contributed by atoms with Gasteiger partial charge in [-0.3, -0.25) is 9.59 Å². The third-order valence-electron chi connectivity index (χ3n) is 8.59. The molecule has 1 aromatic carbocycles. The largest absolute Gasteiger partial charge is 0.396 e. The number of carbonyl (C=O) groups is 2. The summed E-state index contributed by atoms with van der Waals surface area (Å²) >= 11 is 1.47. The number of nitrogens with zero attached hydrogens (tertiary/aromatic N) is 1. The molecule has 4 N–H and O–H groups in total. The van der Waals surface area contributed by atoms with Gasteiger partial charge >= 0.3 is 0 Å². The van der Waals surface area contributed by atoms with E-state index in [1.54, 1.807) is 0 Å². The normalized spacial score (nSPS) is 29.2.